The molecule has 18 heavy (non-hydrogen) atoms. The molecule has 1 aliphatic heterocycles. The molecular formula is C12H11N5O. The van der Waals surface area contributed by atoms with Crippen LogP contribution < -0.4 is 4.90 Å². The first-order chi connectivity index (χ1) is 8.92. The van der Waals surface area contributed by atoms with Crippen molar-refractivity contribution in [3.05, 3.63) is 36.7 Å². The van der Waals surface area contributed by atoms with E-state index in [9.17, 15) is 0 Å². The minimum atomic E-state index is 0.440. The van der Waals surface area contributed by atoms with Gasteiger partial charge in [0.1, 0.15) is 5.52 Å². The fourth-order valence-corrected chi connectivity index (χ4v) is 2.36. The van der Waals surface area contributed by atoms with Gasteiger partial charge >= 0.3 is 0 Å². The van der Waals surface area contributed by atoms with Crippen molar-refractivity contribution < 1.29 is 4.63 Å². The van der Waals surface area contributed by atoms with Gasteiger partial charge in [0.25, 0.3) is 0 Å². The summed E-state index contributed by atoms with van der Waals surface area (Å²) in [6, 6.07) is 8.31. The van der Waals surface area contributed by atoms with E-state index >= 15 is 0 Å². The molecule has 3 aromatic rings. The quantitative estimate of drug-likeness (QED) is 0.680. The normalized spacial score (nSPS) is 16.1. The first-order valence-corrected chi connectivity index (χ1v) is 5.87. The highest BCUT2D eigenvalue weighted by atomic mass is 16.6. The van der Waals surface area contributed by atoms with Crippen molar-refractivity contribution in [1.29, 1.82) is 0 Å². The van der Waals surface area contributed by atoms with E-state index in [0.717, 1.165) is 29.8 Å². The Balaban J connectivity index is 1.61. The van der Waals surface area contributed by atoms with E-state index < -0.39 is 0 Å². The maximum absolute atomic E-state index is 4.78. The highest BCUT2D eigenvalue weighted by Gasteiger charge is 2.30. The number of hydrogen-bond donors (Lipinski definition) is 0. The maximum atomic E-state index is 4.78. The summed E-state index contributed by atoms with van der Waals surface area (Å²) in [6.07, 6.45) is 3.81. The van der Waals surface area contributed by atoms with Crippen LogP contribution in [-0.2, 0) is 0 Å². The fraction of sp³-hybridized carbons (Fsp3) is 0.250. The van der Waals surface area contributed by atoms with Gasteiger partial charge in [-0.2, -0.15) is 5.10 Å². The molecule has 1 aliphatic rings. The summed E-state index contributed by atoms with van der Waals surface area (Å²) in [4.78, 5) is 2.26. The molecule has 0 aliphatic carbocycles. The zero-order valence-electron chi connectivity index (χ0n) is 9.60. The van der Waals surface area contributed by atoms with E-state index in [1.54, 1.807) is 0 Å². The third-order valence-electron chi connectivity index (χ3n) is 3.37. The molecule has 6 nitrogen and oxygen atoms in total. The van der Waals surface area contributed by atoms with Gasteiger partial charge in [0.2, 0.25) is 0 Å². The van der Waals surface area contributed by atoms with E-state index in [1.807, 2.05) is 41.3 Å². The highest BCUT2D eigenvalue weighted by molar-refractivity contribution is 5.87. The van der Waals surface area contributed by atoms with Crippen molar-refractivity contribution >= 4 is 16.7 Å². The van der Waals surface area contributed by atoms with Gasteiger partial charge in [-0.15, -0.1) is 0 Å². The first-order valence-electron chi connectivity index (χ1n) is 5.87. The predicted octanol–water partition coefficient (Wildman–Crippen LogP) is 1.48. The number of hydrogen-bond acceptors (Lipinski definition) is 5. The Hall–Kier alpha value is -2.37. The predicted molar refractivity (Wildman–Crippen MR) is 65.3 cm³/mol. The summed E-state index contributed by atoms with van der Waals surface area (Å²) in [5, 5.41) is 12.1. The maximum Gasteiger partial charge on any atom is 0.158 e. The van der Waals surface area contributed by atoms with Crippen LogP contribution in [0.5, 0.6) is 0 Å². The molecule has 1 fully saturated rings. The van der Waals surface area contributed by atoms with Gasteiger partial charge in [-0.25, -0.2) is 4.63 Å². The Morgan fingerprint density at radius 3 is 2.94 bits per heavy atom. The Kier molecular flexibility index (Phi) is 1.91. The van der Waals surface area contributed by atoms with Gasteiger partial charge in [-0.3, -0.25) is 4.68 Å². The summed E-state index contributed by atoms with van der Waals surface area (Å²) >= 11 is 0. The molecule has 0 radical (unpaired) electrons. The topological polar surface area (TPSA) is 60.0 Å². The molecule has 2 aromatic heterocycles. The Bertz CT molecular complexity index is 669. The number of benzene rings is 1. The van der Waals surface area contributed by atoms with Crippen molar-refractivity contribution in [1.82, 2.24) is 20.1 Å². The lowest BCUT2D eigenvalue weighted by Gasteiger charge is -2.40. The van der Waals surface area contributed by atoms with Crippen molar-refractivity contribution in [2.24, 2.45) is 0 Å². The van der Waals surface area contributed by atoms with Gasteiger partial charge in [0.05, 0.1) is 11.7 Å². The van der Waals surface area contributed by atoms with Gasteiger partial charge in [-0.05, 0) is 28.5 Å². The van der Waals surface area contributed by atoms with E-state index in [0.29, 0.717) is 6.04 Å². The van der Waals surface area contributed by atoms with Gasteiger partial charge in [-0.1, -0.05) is 6.07 Å². The van der Waals surface area contributed by atoms with Crippen molar-refractivity contribution in [3.63, 3.8) is 0 Å². The Morgan fingerprint density at radius 2 is 2.11 bits per heavy atom. The molecule has 0 atom stereocenters. The van der Waals surface area contributed by atoms with Crippen LogP contribution >= 0.6 is 0 Å². The van der Waals surface area contributed by atoms with E-state index in [2.05, 4.69) is 20.3 Å². The molecule has 6 heteroatoms. The second-order valence-corrected chi connectivity index (χ2v) is 4.45. The molecule has 4 rings (SSSR count). The largest absolute Gasteiger partial charge is 0.365 e. The molecule has 0 spiro atoms. The lowest BCUT2D eigenvalue weighted by atomic mass is 10.1. The molecule has 1 saturated heterocycles. The minimum absolute atomic E-state index is 0.440. The fourth-order valence-electron chi connectivity index (χ4n) is 2.36. The second kappa shape index (κ2) is 3.56. The van der Waals surface area contributed by atoms with Gasteiger partial charge in [0, 0.05) is 25.5 Å². The molecule has 90 valence electrons. The zero-order chi connectivity index (χ0) is 11.9. The molecule has 1 aromatic carbocycles. The van der Waals surface area contributed by atoms with Crippen LogP contribution in [0.25, 0.3) is 11.0 Å². The van der Waals surface area contributed by atoms with Crippen molar-refractivity contribution in [3.8, 4) is 0 Å². The number of fused-ring (bicyclic) bond motifs is 1. The Labute approximate surface area is 103 Å². The minimum Gasteiger partial charge on any atom is -0.365 e. The third-order valence-corrected chi connectivity index (χ3v) is 3.37. The van der Waals surface area contributed by atoms with Crippen molar-refractivity contribution in [2.75, 3.05) is 18.0 Å². The number of anilines is 1. The summed E-state index contributed by atoms with van der Waals surface area (Å²) in [6.45, 7) is 1.88. The zero-order valence-corrected chi connectivity index (χ0v) is 9.60. The van der Waals surface area contributed by atoms with Crippen molar-refractivity contribution in [2.45, 2.75) is 6.04 Å². The molecular weight excluding hydrogens is 230 g/mol. The highest BCUT2D eigenvalue weighted by Crippen LogP contribution is 2.31. The van der Waals surface area contributed by atoms with Crippen LogP contribution in [0.3, 0.4) is 0 Å². The summed E-state index contributed by atoms with van der Waals surface area (Å²) in [5.41, 5.74) is 2.71. The summed E-state index contributed by atoms with van der Waals surface area (Å²) in [7, 11) is 0. The number of rotatable bonds is 2. The molecule has 0 bridgehead atoms. The first kappa shape index (κ1) is 9.64. The monoisotopic (exact) mass is 241 g/mol. The van der Waals surface area contributed by atoms with Crippen LogP contribution in [0.15, 0.2) is 41.3 Å². The van der Waals surface area contributed by atoms with E-state index in [-0.39, 0.29) is 0 Å². The number of aromatic nitrogens is 4. The van der Waals surface area contributed by atoms with Gasteiger partial charge < -0.3 is 4.90 Å². The Morgan fingerprint density at radius 1 is 1.17 bits per heavy atom. The summed E-state index contributed by atoms with van der Waals surface area (Å²) in [5.74, 6) is 0. The average molecular weight is 241 g/mol. The molecule has 3 heterocycles. The van der Waals surface area contributed by atoms with Gasteiger partial charge in [0.15, 0.2) is 5.52 Å². The lowest BCUT2D eigenvalue weighted by molar-refractivity contribution is 0.315. The standard InChI is InChI=1S/C12H11N5O/c1-3-10-12(15-18-14-10)11(4-1)16-7-9(8-16)17-6-2-5-13-17/h1-6,9H,7-8H2. The third kappa shape index (κ3) is 1.32. The van der Waals surface area contributed by atoms with Crippen LogP contribution in [0.1, 0.15) is 6.04 Å². The molecule has 0 saturated carbocycles. The van der Waals surface area contributed by atoms with Crippen LogP contribution in [0.2, 0.25) is 0 Å². The SMILES string of the molecule is c1cc(N2CC(n3cccn3)C2)c2nonc2c1. The van der Waals surface area contributed by atoms with E-state index in [4.69, 9.17) is 4.63 Å². The number of nitrogens with zero attached hydrogens (tertiary/aromatic N) is 5. The molecule has 0 amide bonds. The van der Waals surface area contributed by atoms with Crippen LogP contribution in [0.4, 0.5) is 5.69 Å². The van der Waals surface area contributed by atoms with E-state index in [1.165, 1.54) is 0 Å². The second-order valence-electron chi connectivity index (χ2n) is 4.45. The lowest BCUT2D eigenvalue weighted by Crippen LogP contribution is -2.48. The molecule has 0 unspecified atom stereocenters. The average Bonchev–Trinajstić information content (AvgIpc) is 2.97. The van der Waals surface area contributed by atoms with Crippen LogP contribution in [0, 0.1) is 0 Å². The molecule has 0 N–H and O–H groups in total. The summed E-state index contributed by atoms with van der Waals surface area (Å²) < 4.78 is 6.78. The smallest absolute Gasteiger partial charge is 0.158 e. The van der Waals surface area contributed by atoms with Crippen LogP contribution in [-0.4, -0.2) is 33.2 Å².